The second-order valence-corrected chi connectivity index (χ2v) is 6.81. The van der Waals surface area contributed by atoms with Crippen molar-refractivity contribution in [2.75, 3.05) is 0 Å². The number of rotatable bonds is 7. The molecule has 1 N–H and O–H groups in total. The van der Waals surface area contributed by atoms with Crippen LogP contribution in [0.4, 0.5) is 0 Å². The first kappa shape index (κ1) is 16.7. The maximum absolute atomic E-state index is 12.4. The molecule has 1 aliphatic rings. The minimum atomic E-state index is 0.121. The number of para-hydroxylation sites is 1. The SMILES string of the molecule is CCCCC1CCCC1NC(=O)Cc1cnn(-c2ccccc2)c1. The average molecular weight is 325 g/mol. The maximum Gasteiger partial charge on any atom is 0.224 e. The van der Waals surface area contributed by atoms with Crippen molar-refractivity contribution in [1.29, 1.82) is 0 Å². The lowest BCUT2D eigenvalue weighted by molar-refractivity contribution is -0.121. The topological polar surface area (TPSA) is 46.9 Å². The largest absolute Gasteiger partial charge is 0.353 e. The summed E-state index contributed by atoms with van der Waals surface area (Å²) in [6.07, 6.45) is 11.5. The van der Waals surface area contributed by atoms with Gasteiger partial charge in [0.05, 0.1) is 18.3 Å². The van der Waals surface area contributed by atoms with Gasteiger partial charge in [-0.3, -0.25) is 4.79 Å². The van der Waals surface area contributed by atoms with Crippen molar-refractivity contribution in [2.24, 2.45) is 5.92 Å². The van der Waals surface area contributed by atoms with Crippen LogP contribution in [-0.4, -0.2) is 21.7 Å². The van der Waals surface area contributed by atoms with Crippen molar-refractivity contribution in [3.63, 3.8) is 0 Å². The fourth-order valence-corrected chi connectivity index (χ4v) is 3.66. The normalized spacial score (nSPS) is 20.2. The second kappa shape index (κ2) is 8.13. The van der Waals surface area contributed by atoms with E-state index in [1.54, 1.807) is 6.20 Å². The number of benzene rings is 1. The van der Waals surface area contributed by atoms with Crippen LogP contribution in [0.25, 0.3) is 5.69 Å². The molecule has 2 aromatic rings. The van der Waals surface area contributed by atoms with Gasteiger partial charge in [-0.1, -0.05) is 44.4 Å². The lowest BCUT2D eigenvalue weighted by Crippen LogP contribution is -2.38. The molecule has 1 amide bonds. The van der Waals surface area contributed by atoms with E-state index in [4.69, 9.17) is 0 Å². The predicted octanol–water partition coefficient (Wildman–Crippen LogP) is 3.89. The summed E-state index contributed by atoms with van der Waals surface area (Å²) >= 11 is 0. The molecule has 1 heterocycles. The van der Waals surface area contributed by atoms with Gasteiger partial charge in [0, 0.05) is 12.2 Å². The number of hydrogen-bond acceptors (Lipinski definition) is 2. The molecule has 0 saturated heterocycles. The molecule has 24 heavy (non-hydrogen) atoms. The monoisotopic (exact) mass is 325 g/mol. The Morgan fingerprint density at radius 2 is 2.12 bits per heavy atom. The number of nitrogens with zero attached hydrogens (tertiary/aromatic N) is 2. The van der Waals surface area contributed by atoms with E-state index in [1.807, 2.05) is 41.2 Å². The van der Waals surface area contributed by atoms with E-state index in [0.29, 0.717) is 18.4 Å². The molecule has 1 aromatic carbocycles. The van der Waals surface area contributed by atoms with Crippen LogP contribution < -0.4 is 5.32 Å². The van der Waals surface area contributed by atoms with E-state index in [2.05, 4.69) is 17.3 Å². The van der Waals surface area contributed by atoms with E-state index >= 15 is 0 Å². The number of aromatic nitrogens is 2. The summed E-state index contributed by atoms with van der Waals surface area (Å²) in [6.45, 7) is 2.23. The van der Waals surface area contributed by atoms with Gasteiger partial charge in [0.15, 0.2) is 0 Å². The molecule has 2 unspecified atom stereocenters. The van der Waals surface area contributed by atoms with Gasteiger partial charge in [-0.2, -0.15) is 5.10 Å². The minimum Gasteiger partial charge on any atom is -0.353 e. The van der Waals surface area contributed by atoms with Gasteiger partial charge in [0.1, 0.15) is 0 Å². The summed E-state index contributed by atoms with van der Waals surface area (Å²) in [6, 6.07) is 10.3. The smallest absolute Gasteiger partial charge is 0.224 e. The zero-order chi connectivity index (χ0) is 16.8. The molecule has 2 atom stereocenters. The molecular formula is C20H27N3O. The molecule has 0 aliphatic heterocycles. The molecule has 0 bridgehead atoms. The van der Waals surface area contributed by atoms with Crippen LogP contribution in [0.15, 0.2) is 42.7 Å². The summed E-state index contributed by atoms with van der Waals surface area (Å²) in [7, 11) is 0. The number of unbranched alkanes of at least 4 members (excludes halogenated alkanes) is 1. The minimum absolute atomic E-state index is 0.121. The Labute approximate surface area is 144 Å². The Bertz CT molecular complexity index is 650. The summed E-state index contributed by atoms with van der Waals surface area (Å²) < 4.78 is 1.82. The Hall–Kier alpha value is -2.10. The van der Waals surface area contributed by atoms with Gasteiger partial charge in [0.25, 0.3) is 0 Å². The van der Waals surface area contributed by atoms with E-state index < -0.39 is 0 Å². The van der Waals surface area contributed by atoms with Crippen molar-refractivity contribution in [1.82, 2.24) is 15.1 Å². The van der Waals surface area contributed by atoms with Gasteiger partial charge in [0.2, 0.25) is 5.91 Å². The lowest BCUT2D eigenvalue weighted by Gasteiger charge is -2.20. The fraction of sp³-hybridized carbons (Fsp3) is 0.500. The molecule has 4 heteroatoms. The first-order valence-corrected chi connectivity index (χ1v) is 9.14. The van der Waals surface area contributed by atoms with Crippen molar-refractivity contribution in [2.45, 2.75) is 57.9 Å². The molecule has 1 aliphatic carbocycles. The first-order valence-electron chi connectivity index (χ1n) is 9.14. The van der Waals surface area contributed by atoms with Gasteiger partial charge in [-0.25, -0.2) is 4.68 Å². The quantitative estimate of drug-likeness (QED) is 0.839. The summed E-state index contributed by atoms with van der Waals surface area (Å²) in [4.78, 5) is 12.4. The number of carbonyl (C=O) groups excluding carboxylic acids is 1. The van der Waals surface area contributed by atoms with E-state index in [1.165, 1.54) is 32.1 Å². The highest BCUT2D eigenvalue weighted by atomic mass is 16.1. The third kappa shape index (κ3) is 4.25. The van der Waals surface area contributed by atoms with Crippen molar-refractivity contribution in [3.05, 3.63) is 48.3 Å². The zero-order valence-electron chi connectivity index (χ0n) is 14.4. The lowest BCUT2D eigenvalue weighted by atomic mass is 9.96. The summed E-state index contributed by atoms with van der Waals surface area (Å²) in [5, 5.41) is 7.62. The molecule has 1 saturated carbocycles. The van der Waals surface area contributed by atoms with Crippen LogP contribution in [0.1, 0.15) is 51.0 Å². The molecule has 128 valence electrons. The van der Waals surface area contributed by atoms with Crippen molar-refractivity contribution >= 4 is 5.91 Å². The summed E-state index contributed by atoms with van der Waals surface area (Å²) in [5.41, 5.74) is 1.97. The summed E-state index contributed by atoms with van der Waals surface area (Å²) in [5.74, 6) is 0.789. The zero-order valence-corrected chi connectivity index (χ0v) is 14.4. The van der Waals surface area contributed by atoms with Crippen LogP contribution in [0.3, 0.4) is 0 Å². The van der Waals surface area contributed by atoms with Gasteiger partial charge in [-0.05, 0) is 42.9 Å². The Morgan fingerprint density at radius 3 is 2.92 bits per heavy atom. The third-order valence-corrected chi connectivity index (χ3v) is 4.96. The Balaban J connectivity index is 1.54. The van der Waals surface area contributed by atoms with E-state index in [-0.39, 0.29) is 5.91 Å². The number of amides is 1. The maximum atomic E-state index is 12.4. The number of carbonyl (C=O) groups is 1. The molecule has 0 spiro atoms. The highest BCUT2D eigenvalue weighted by Crippen LogP contribution is 2.29. The molecular weight excluding hydrogens is 298 g/mol. The Kier molecular flexibility index (Phi) is 5.68. The van der Waals surface area contributed by atoms with Crippen LogP contribution in [0.5, 0.6) is 0 Å². The average Bonchev–Trinajstić information content (AvgIpc) is 3.23. The van der Waals surface area contributed by atoms with Crippen LogP contribution in [-0.2, 0) is 11.2 Å². The molecule has 0 radical (unpaired) electrons. The number of nitrogens with one attached hydrogen (secondary N) is 1. The highest BCUT2D eigenvalue weighted by molar-refractivity contribution is 5.78. The predicted molar refractivity (Wildman–Crippen MR) is 96.1 cm³/mol. The third-order valence-electron chi connectivity index (χ3n) is 4.96. The van der Waals surface area contributed by atoms with Gasteiger partial charge < -0.3 is 5.32 Å². The van der Waals surface area contributed by atoms with E-state index in [9.17, 15) is 4.79 Å². The Morgan fingerprint density at radius 1 is 1.29 bits per heavy atom. The molecule has 1 aromatic heterocycles. The van der Waals surface area contributed by atoms with Gasteiger partial charge >= 0.3 is 0 Å². The first-order chi connectivity index (χ1) is 11.8. The van der Waals surface area contributed by atoms with Crippen molar-refractivity contribution in [3.8, 4) is 5.69 Å². The number of hydrogen-bond donors (Lipinski definition) is 1. The standard InChI is InChI=1S/C20H27N3O/c1-2-3-8-17-9-7-12-19(17)22-20(24)13-16-14-21-23(15-16)18-10-5-4-6-11-18/h4-6,10-11,14-15,17,19H,2-3,7-9,12-13H2,1H3,(H,22,24). The fourth-order valence-electron chi connectivity index (χ4n) is 3.66. The molecule has 3 rings (SSSR count). The van der Waals surface area contributed by atoms with Gasteiger partial charge in [-0.15, -0.1) is 0 Å². The van der Waals surface area contributed by atoms with Crippen LogP contribution in [0.2, 0.25) is 0 Å². The second-order valence-electron chi connectivity index (χ2n) is 6.81. The van der Waals surface area contributed by atoms with E-state index in [0.717, 1.165) is 17.7 Å². The van der Waals surface area contributed by atoms with Crippen LogP contribution in [0, 0.1) is 5.92 Å². The van der Waals surface area contributed by atoms with Crippen molar-refractivity contribution < 1.29 is 4.79 Å². The molecule has 4 nitrogen and oxygen atoms in total. The van der Waals surface area contributed by atoms with Crippen LogP contribution >= 0.6 is 0 Å². The molecule has 1 fully saturated rings. The highest BCUT2D eigenvalue weighted by Gasteiger charge is 2.27.